The van der Waals surface area contributed by atoms with E-state index in [4.69, 9.17) is 9.84 Å². The lowest BCUT2D eigenvalue weighted by molar-refractivity contribution is -0.386. The molecule has 2 rings (SSSR count). The van der Waals surface area contributed by atoms with Gasteiger partial charge in [0.25, 0.3) is 0 Å². The van der Waals surface area contributed by atoms with Crippen molar-refractivity contribution in [1.82, 2.24) is 0 Å². The van der Waals surface area contributed by atoms with E-state index in [1.807, 2.05) is 18.2 Å². The van der Waals surface area contributed by atoms with E-state index < -0.39 is 22.1 Å². The van der Waals surface area contributed by atoms with Gasteiger partial charge >= 0.3 is 11.7 Å². The molecule has 0 aromatic heterocycles. The fourth-order valence-corrected chi connectivity index (χ4v) is 2.23. The van der Waals surface area contributed by atoms with Gasteiger partial charge in [-0.1, -0.05) is 34.1 Å². The van der Waals surface area contributed by atoms with E-state index in [1.54, 1.807) is 6.07 Å². The summed E-state index contributed by atoms with van der Waals surface area (Å²) in [5.41, 5.74) is -0.133. The normalized spacial score (nSPS) is 10.1. The van der Waals surface area contributed by atoms with Crippen LogP contribution < -0.4 is 4.74 Å². The van der Waals surface area contributed by atoms with E-state index in [2.05, 4.69) is 15.9 Å². The first-order valence-electron chi connectivity index (χ1n) is 5.87. The maximum Gasteiger partial charge on any atom is 0.342 e. The molecule has 0 aliphatic carbocycles. The van der Waals surface area contributed by atoms with Crippen molar-refractivity contribution in [3.05, 3.63) is 68.2 Å². The van der Waals surface area contributed by atoms with Gasteiger partial charge in [0, 0.05) is 4.47 Å². The van der Waals surface area contributed by atoms with E-state index in [9.17, 15) is 14.9 Å². The molecule has 0 saturated carbocycles. The first kappa shape index (κ1) is 15.0. The van der Waals surface area contributed by atoms with Gasteiger partial charge in [-0.05, 0) is 29.8 Å². The Morgan fingerprint density at radius 3 is 2.62 bits per heavy atom. The van der Waals surface area contributed by atoms with Crippen molar-refractivity contribution in [2.24, 2.45) is 0 Å². The van der Waals surface area contributed by atoms with Crippen LogP contribution in [0.1, 0.15) is 15.9 Å². The lowest BCUT2D eigenvalue weighted by Crippen LogP contribution is -2.05. The number of carbonyl (C=O) groups is 1. The van der Waals surface area contributed by atoms with Crippen molar-refractivity contribution in [2.45, 2.75) is 6.61 Å². The third-order valence-electron chi connectivity index (χ3n) is 2.70. The van der Waals surface area contributed by atoms with Crippen LogP contribution in [0.3, 0.4) is 0 Å². The fraction of sp³-hybridized carbons (Fsp3) is 0.0714. The number of rotatable bonds is 5. The van der Waals surface area contributed by atoms with Gasteiger partial charge in [0.1, 0.15) is 12.2 Å². The predicted octanol–water partition coefficient (Wildman–Crippen LogP) is 3.63. The third-order valence-corrected chi connectivity index (χ3v) is 3.19. The molecule has 0 heterocycles. The standard InChI is InChI=1S/C14H10BrNO5/c15-10-4-1-3-9(7-10)8-21-12-6-2-5-11(14(17)18)13(12)16(19)20/h1-7H,8H2,(H,17,18). The Morgan fingerprint density at radius 2 is 2.00 bits per heavy atom. The number of ether oxygens (including phenoxy) is 1. The van der Waals surface area contributed by atoms with Crippen LogP contribution in [-0.4, -0.2) is 16.0 Å². The zero-order valence-electron chi connectivity index (χ0n) is 10.7. The summed E-state index contributed by atoms with van der Waals surface area (Å²) >= 11 is 3.32. The average molecular weight is 352 g/mol. The molecule has 0 atom stereocenters. The van der Waals surface area contributed by atoms with Crippen LogP contribution in [0.4, 0.5) is 5.69 Å². The second-order valence-corrected chi connectivity index (χ2v) is 5.05. The quantitative estimate of drug-likeness (QED) is 0.656. The summed E-state index contributed by atoms with van der Waals surface area (Å²) in [4.78, 5) is 21.3. The maximum absolute atomic E-state index is 11.1. The molecule has 2 aromatic carbocycles. The summed E-state index contributed by atoms with van der Waals surface area (Å²) in [5.74, 6) is -1.44. The number of aromatic carboxylic acids is 1. The van der Waals surface area contributed by atoms with E-state index in [0.717, 1.165) is 10.0 Å². The number of carboxylic acids is 1. The van der Waals surface area contributed by atoms with Crippen molar-refractivity contribution in [2.75, 3.05) is 0 Å². The summed E-state index contributed by atoms with van der Waals surface area (Å²) in [6, 6.07) is 11.2. The van der Waals surface area contributed by atoms with Gasteiger partial charge in [-0.2, -0.15) is 0 Å². The van der Waals surface area contributed by atoms with E-state index in [0.29, 0.717) is 0 Å². The highest BCUT2D eigenvalue weighted by Gasteiger charge is 2.25. The van der Waals surface area contributed by atoms with Crippen molar-refractivity contribution in [3.8, 4) is 5.75 Å². The molecule has 0 bridgehead atoms. The second-order valence-electron chi connectivity index (χ2n) is 4.13. The molecule has 0 saturated heterocycles. The maximum atomic E-state index is 11.1. The second kappa shape index (κ2) is 6.36. The minimum Gasteiger partial charge on any atom is -0.482 e. The van der Waals surface area contributed by atoms with Crippen molar-refractivity contribution in [3.63, 3.8) is 0 Å². The Bertz CT molecular complexity index is 702. The van der Waals surface area contributed by atoms with Gasteiger partial charge in [0.15, 0.2) is 5.75 Å². The molecule has 0 fully saturated rings. The first-order chi connectivity index (χ1) is 9.99. The molecule has 0 aliphatic heterocycles. The molecule has 0 spiro atoms. The molecule has 1 N–H and O–H groups in total. The highest BCUT2D eigenvalue weighted by molar-refractivity contribution is 9.10. The van der Waals surface area contributed by atoms with Crippen LogP contribution in [0, 0.1) is 10.1 Å². The zero-order chi connectivity index (χ0) is 15.4. The van der Waals surface area contributed by atoms with Gasteiger partial charge in [0.05, 0.1) is 4.92 Å². The van der Waals surface area contributed by atoms with Crippen LogP contribution in [0.5, 0.6) is 5.75 Å². The molecule has 0 unspecified atom stereocenters. The number of nitrogens with zero attached hydrogens (tertiary/aromatic N) is 1. The smallest absolute Gasteiger partial charge is 0.342 e. The highest BCUT2D eigenvalue weighted by atomic mass is 79.9. The largest absolute Gasteiger partial charge is 0.482 e. The SMILES string of the molecule is O=C(O)c1cccc(OCc2cccc(Br)c2)c1[N+](=O)[O-]. The van der Waals surface area contributed by atoms with Gasteiger partial charge in [-0.15, -0.1) is 0 Å². The fourth-order valence-electron chi connectivity index (χ4n) is 1.79. The molecule has 0 radical (unpaired) electrons. The number of hydrogen-bond donors (Lipinski definition) is 1. The summed E-state index contributed by atoms with van der Waals surface area (Å²) in [5, 5.41) is 20.1. The van der Waals surface area contributed by atoms with Gasteiger partial charge < -0.3 is 9.84 Å². The van der Waals surface area contributed by atoms with Crippen molar-refractivity contribution >= 4 is 27.6 Å². The molecule has 108 valence electrons. The lowest BCUT2D eigenvalue weighted by atomic mass is 10.1. The van der Waals surface area contributed by atoms with E-state index in [1.165, 1.54) is 18.2 Å². The highest BCUT2D eigenvalue weighted by Crippen LogP contribution is 2.31. The van der Waals surface area contributed by atoms with Gasteiger partial charge in [0.2, 0.25) is 0 Å². The van der Waals surface area contributed by atoms with Gasteiger partial charge in [-0.25, -0.2) is 4.79 Å². The summed E-state index contributed by atoms with van der Waals surface area (Å²) in [6.45, 7) is 0.101. The van der Waals surface area contributed by atoms with Gasteiger partial charge in [-0.3, -0.25) is 10.1 Å². The number of nitro benzene ring substituents is 1. The molecular formula is C14H10BrNO5. The summed E-state index contributed by atoms with van der Waals surface area (Å²) in [6.07, 6.45) is 0. The van der Waals surface area contributed by atoms with Crippen LogP contribution in [0.15, 0.2) is 46.9 Å². The minimum absolute atomic E-state index is 0.0696. The molecule has 0 amide bonds. The molecule has 6 nitrogen and oxygen atoms in total. The molecular weight excluding hydrogens is 342 g/mol. The topological polar surface area (TPSA) is 89.7 Å². The van der Waals surface area contributed by atoms with Crippen LogP contribution in [0.2, 0.25) is 0 Å². The molecule has 0 aliphatic rings. The minimum atomic E-state index is -1.37. The Labute approximate surface area is 128 Å². The number of hydrogen-bond acceptors (Lipinski definition) is 4. The zero-order valence-corrected chi connectivity index (χ0v) is 12.2. The Morgan fingerprint density at radius 1 is 1.29 bits per heavy atom. The lowest BCUT2D eigenvalue weighted by Gasteiger charge is -2.08. The number of nitro groups is 1. The first-order valence-corrected chi connectivity index (χ1v) is 6.66. The monoisotopic (exact) mass is 351 g/mol. The van der Waals surface area contributed by atoms with Crippen LogP contribution >= 0.6 is 15.9 Å². The Kier molecular flexibility index (Phi) is 4.54. The number of benzene rings is 2. The van der Waals surface area contributed by atoms with Crippen LogP contribution in [0.25, 0.3) is 0 Å². The summed E-state index contributed by atoms with van der Waals surface area (Å²) < 4.78 is 6.26. The molecule has 21 heavy (non-hydrogen) atoms. The third kappa shape index (κ3) is 3.57. The van der Waals surface area contributed by atoms with Crippen LogP contribution in [-0.2, 0) is 6.61 Å². The van der Waals surface area contributed by atoms with E-state index >= 15 is 0 Å². The average Bonchev–Trinajstić information content (AvgIpc) is 2.44. The van der Waals surface area contributed by atoms with E-state index in [-0.39, 0.29) is 12.4 Å². The number of halogens is 1. The predicted molar refractivity (Wildman–Crippen MR) is 78.5 cm³/mol. The molecule has 2 aromatic rings. The Balaban J connectivity index is 2.30. The summed E-state index contributed by atoms with van der Waals surface area (Å²) in [7, 11) is 0. The molecule has 7 heteroatoms. The number of para-hydroxylation sites is 1. The van der Waals surface area contributed by atoms with Crippen molar-refractivity contribution < 1.29 is 19.6 Å². The Hall–Kier alpha value is -2.41. The number of carboxylic acid groups (broad SMARTS) is 1. The van der Waals surface area contributed by atoms with Crippen molar-refractivity contribution in [1.29, 1.82) is 0 Å².